The van der Waals surface area contributed by atoms with Crippen LogP contribution in [0.25, 0.3) is 0 Å². The fourth-order valence-corrected chi connectivity index (χ4v) is 4.06. The Balaban J connectivity index is 2.12. The average molecular weight is 390 g/mol. The number of amides is 1. The van der Waals surface area contributed by atoms with E-state index >= 15 is 0 Å². The fourth-order valence-electron chi connectivity index (χ4n) is 2.56. The molecular formula is C19H22N2O5S. The number of rotatable bonds is 8. The smallest absolute Gasteiger partial charge is 0.335 e. The number of nitrogens with zero attached hydrogens (tertiary/aromatic N) is 1. The van der Waals surface area contributed by atoms with E-state index in [4.69, 9.17) is 5.11 Å². The van der Waals surface area contributed by atoms with Crippen LogP contribution in [-0.4, -0.2) is 42.8 Å². The molecule has 0 saturated carbocycles. The molecule has 144 valence electrons. The number of benzene rings is 2. The van der Waals surface area contributed by atoms with Crippen LogP contribution in [0.15, 0.2) is 53.4 Å². The maximum atomic E-state index is 12.6. The van der Waals surface area contributed by atoms with Gasteiger partial charge >= 0.3 is 5.97 Å². The molecule has 1 amide bonds. The van der Waals surface area contributed by atoms with E-state index in [1.54, 1.807) is 32.0 Å². The van der Waals surface area contributed by atoms with E-state index in [0.29, 0.717) is 13.1 Å². The second-order valence-corrected chi connectivity index (χ2v) is 7.74. The summed E-state index contributed by atoms with van der Waals surface area (Å²) in [6.07, 6.45) is 0. The molecule has 0 aliphatic heterocycles. The van der Waals surface area contributed by atoms with Gasteiger partial charge in [0.25, 0.3) is 5.91 Å². The van der Waals surface area contributed by atoms with Gasteiger partial charge in [-0.15, -0.1) is 0 Å². The normalized spacial score (nSPS) is 11.4. The third-order valence-corrected chi connectivity index (χ3v) is 6.14. The van der Waals surface area contributed by atoms with E-state index in [1.165, 1.54) is 34.6 Å². The van der Waals surface area contributed by atoms with Crippen LogP contribution in [0.3, 0.4) is 0 Å². The van der Waals surface area contributed by atoms with Crippen LogP contribution in [0.2, 0.25) is 0 Å². The Labute approximate surface area is 158 Å². The van der Waals surface area contributed by atoms with Crippen molar-refractivity contribution >= 4 is 21.9 Å². The zero-order chi connectivity index (χ0) is 20.0. The molecule has 2 N–H and O–H groups in total. The van der Waals surface area contributed by atoms with Gasteiger partial charge in [0.15, 0.2) is 0 Å². The third kappa shape index (κ3) is 4.93. The van der Waals surface area contributed by atoms with Crippen molar-refractivity contribution in [3.8, 4) is 0 Å². The second kappa shape index (κ2) is 8.79. The molecule has 0 fully saturated rings. The first-order chi connectivity index (χ1) is 12.8. The molecule has 0 saturated heterocycles. The van der Waals surface area contributed by atoms with Crippen LogP contribution >= 0.6 is 0 Å². The highest BCUT2D eigenvalue weighted by molar-refractivity contribution is 7.89. The summed E-state index contributed by atoms with van der Waals surface area (Å²) in [6.45, 7) is 4.41. The third-order valence-electron chi connectivity index (χ3n) is 4.09. The zero-order valence-corrected chi connectivity index (χ0v) is 16.0. The molecule has 0 aliphatic rings. The topological polar surface area (TPSA) is 104 Å². The van der Waals surface area contributed by atoms with E-state index in [0.717, 1.165) is 5.56 Å². The maximum absolute atomic E-state index is 12.6. The number of carbonyl (C=O) groups excluding carboxylic acids is 1. The summed E-state index contributed by atoms with van der Waals surface area (Å²) in [6, 6.07) is 12.1. The Morgan fingerprint density at radius 2 is 1.63 bits per heavy atom. The Morgan fingerprint density at radius 1 is 1.00 bits per heavy atom. The molecule has 0 bridgehead atoms. The van der Waals surface area contributed by atoms with Gasteiger partial charge in [0.2, 0.25) is 10.0 Å². The van der Waals surface area contributed by atoms with Crippen LogP contribution in [0.5, 0.6) is 0 Å². The molecule has 2 aromatic carbocycles. The minimum atomic E-state index is -3.64. The monoisotopic (exact) mass is 390 g/mol. The first-order valence-electron chi connectivity index (χ1n) is 8.50. The summed E-state index contributed by atoms with van der Waals surface area (Å²) in [5.74, 6) is -1.43. The highest BCUT2D eigenvalue weighted by Crippen LogP contribution is 2.17. The van der Waals surface area contributed by atoms with Gasteiger partial charge in [-0.05, 0) is 35.9 Å². The van der Waals surface area contributed by atoms with Crippen LogP contribution in [-0.2, 0) is 16.6 Å². The van der Waals surface area contributed by atoms with Crippen molar-refractivity contribution in [1.29, 1.82) is 0 Å². The molecular weight excluding hydrogens is 368 g/mol. The van der Waals surface area contributed by atoms with Crippen LogP contribution in [0, 0.1) is 0 Å². The summed E-state index contributed by atoms with van der Waals surface area (Å²) in [5, 5.41) is 11.6. The first kappa shape index (κ1) is 20.6. The van der Waals surface area contributed by atoms with Crippen molar-refractivity contribution < 1.29 is 23.1 Å². The van der Waals surface area contributed by atoms with Gasteiger partial charge in [0.1, 0.15) is 0 Å². The molecule has 8 heteroatoms. The summed E-state index contributed by atoms with van der Waals surface area (Å²) >= 11 is 0. The summed E-state index contributed by atoms with van der Waals surface area (Å²) in [7, 11) is -3.64. The van der Waals surface area contributed by atoms with E-state index in [1.807, 2.05) is 0 Å². The van der Waals surface area contributed by atoms with Crippen molar-refractivity contribution in [2.45, 2.75) is 25.3 Å². The molecule has 0 aliphatic carbocycles. The van der Waals surface area contributed by atoms with E-state index in [9.17, 15) is 18.0 Å². The lowest BCUT2D eigenvalue weighted by atomic mass is 10.1. The van der Waals surface area contributed by atoms with Gasteiger partial charge in [-0.1, -0.05) is 32.0 Å². The molecule has 0 spiro atoms. The minimum absolute atomic E-state index is 0.0738. The molecule has 0 aromatic heterocycles. The van der Waals surface area contributed by atoms with Crippen molar-refractivity contribution in [3.63, 3.8) is 0 Å². The lowest BCUT2D eigenvalue weighted by molar-refractivity contribution is 0.0696. The lowest BCUT2D eigenvalue weighted by Gasteiger charge is -2.18. The molecule has 0 radical (unpaired) electrons. The number of hydrogen-bond acceptors (Lipinski definition) is 4. The molecule has 7 nitrogen and oxygen atoms in total. The number of hydrogen-bond donors (Lipinski definition) is 2. The SMILES string of the molecule is CCN(CC)S(=O)(=O)c1cccc(C(=O)NCc2ccc(C(=O)O)cc2)c1. The number of carbonyl (C=O) groups is 2. The molecule has 2 rings (SSSR count). The van der Waals surface area contributed by atoms with Gasteiger partial charge in [0, 0.05) is 25.2 Å². The largest absolute Gasteiger partial charge is 0.478 e. The Morgan fingerprint density at radius 3 is 2.19 bits per heavy atom. The maximum Gasteiger partial charge on any atom is 0.335 e. The molecule has 27 heavy (non-hydrogen) atoms. The summed E-state index contributed by atoms with van der Waals surface area (Å²) in [4.78, 5) is 23.3. The molecule has 2 aromatic rings. The fraction of sp³-hybridized carbons (Fsp3) is 0.263. The number of sulfonamides is 1. The van der Waals surface area contributed by atoms with Gasteiger partial charge in [-0.25, -0.2) is 13.2 Å². The van der Waals surface area contributed by atoms with E-state index in [-0.39, 0.29) is 22.6 Å². The number of nitrogens with one attached hydrogen (secondary N) is 1. The minimum Gasteiger partial charge on any atom is -0.478 e. The average Bonchev–Trinajstić information content (AvgIpc) is 2.67. The van der Waals surface area contributed by atoms with Gasteiger partial charge in [0.05, 0.1) is 10.5 Å². The zero-order valence-electron chi connectivity index (χ0n) is 15.2. The Bertz CT molecular complexity index is 919. The van der Waals surface area contributed by atoms with Crippen LogP contribution in [0.4, 0.5) is 0 Å². The Hall–Kier alpha value is -2.71. The molecule has 0 atom stereocenters. The van der Waals surface area contributed by atoms with Crippen molar-refractivity contribution in [2.24, 2.45) is 0 Å². The van der Waals surface area contributed by atoms with Gasteiger partial charge < -0.3 is 10.4 Å². The first-order valence-corrected chi connectivity index (χ1v) is 9.94. The van der Waals surface area contributed by atoms with E-state index < -0.39 is 21.9 Å². The summed E-state index contributed by atoms with van der Waals surface area (Å²) < 4.78 is 26.5. The Kier molecular flexibility index (Phi) is 6.70. The predicted octanol–water partition coefficient (Wildman–Crippen LogP) is 2.35. The number of carboxylic acid groups (broad SMARTS) is 1. The van der Waals surface area contributed by atoms with Gasteiger partial charge in [-0.2, -0.15) is 4.31 Å². The highest BCUT2D eigenvalue weighted by atomic mass is 32.2. The predicted molar refractivity (Wildman–Crippen MR) is 101 cm³/mol. The van der Waals surface area contributed by atoms with Crippen LogP contribution < -0.4 is 5.32 Å². The standard InChI is InChI=1S/C19H22N2O5S/c1-3-21(4-2)27(25,26)17-7-5-6-16(12-17)18(22)20-13-14-8-10-15(11-9-14)19(23)24/h5-12H,3-4,13H2,1-2H3,(H,20,22)(H,23,24). The molecule has 0 heterocycles. The van der Waals surface area contributed by atoms with Gasteiger partial charge in [-0.3, -0.25) is 4.79 Å². The van der Waals surface area contributed by atoms with E-state index in [2.05, 4.69) is 5.32 Å². The van der Waals surface area contributed by atoms with Crippen LogP contribution in [0.1, 0.15) is 40.1 Å². The quantitative estimate of drug-likeness (QED) is 0.720. The highest BCUT2D eigenvalue weighted by Gasteiger charge is 2.22. The lowest BCUT2D eigenvalue weighted by Crippen LogP contribution is -2.31. The second-order valence-electron chi connectivity index (χ2n) is 5.80. The van der Waals surface area contributed by atoms with Crippen molar-refractivity contribution in [2.75, 3.05) is 13.1 Å². The molecule has 0 unspecified atom stereocenters. The number of carboxylic acids is 1. The van der Waals surface area contributed by atoms with Crippen molar-refractivity contribution in [1.82, 2.24) is 9.62 Å². The van der Waals surface area contributed by atoms with Crippen molar-refractivity contribution in [3.05, 3.63) is 65.2 Å². The number of aromatic carboxylic acids is 1. The summed E-state index contributed by atoms with van der Waals surface area (Å²) in [5.41, 5.74) is 1.14.